The first-order valence-electron chi connectivity index (χ1n) is 15.0. The molecule has 1 atom stereocenters. The van der Waals surface area contributed by atoms with Crippen LogP contribution in [0.5, 0.6) is 0 Å². The Kier molecular flexibility index (Phi) is 7.81. The normalized spacial score (nSPS) is 22.0. The zero-order chi connectivity index (χ0) is 29.6. The van der Waals surface area contributed by atoms with E-state index in [1.807, 2.05) is 23.1 Å². The Balaban J connectivity index is 1.04. The number of carbonyl (C=O) groups excluding carboxylic acids is 3. The van der Waals surface area contributed by atoms with E-state index in [2.05, 4.69) is 51.3 Å². The SMILES string of the molecule is CC1(C)CCC(C)(C)c2cc(-c3csc(C4CCN(C(=O)CSC5CC(=O)N(c6ccccc6)C5=O)CC4)n3)ccc21. The summed E-state index contributed by atoms with van der Waals surface area (Å²) in [6.45, 7) is 10.8. The lowest BCUT2D eigenvalue weighted by Gasteiger charge is -2.42. The fraction of sp³-hybridized carbons (Fsp3) is 0.471. The summed E-state index contributed by atoms with van der Waals surface area (Å²) >= 11 is 3.02. The van der Waals surface area contributed by atoms with Gasteiger partial charge in [-0.05, 0) is 65.8 Å². The first-order chi connectivity index (χ1) is 20.0. The minimum absolute atomic E-state index is 0.0382. The number of hydrogen-bond donors (Lipinski definition) is 0. The number of imide groups is 1. The number of piperidine rings is 1. The van der Waals surface area contributed by atoms with Crippen LogP contribution in [0.2, 0.25) is 0 Å². The number of thiazole rings is 1. The molecule has 3 amide bonds. The fourth-order valence-electron chi connectivity index (χ4n) is 6.58. The number of fused-ring (bicyclic) bond motifs is 1. The highest BCUT2D eigenvalue weighted by molar-refractivity contribution is 8.01. The van der Waals surface area contributed by atoms with Crippen LogP contribution in [0.3, 0.4) is 0 Å². The molecule has 42 heavy (non-hydrogen) atoms. The van der Waals surface area contributed by atoms with E-state index in [-0.39, 0.29) is 40.7 Å². The second kappa shape index (κ2) is 11.3. The van der Waals surface area contributed by atoms with E-state index >= 15 is 0 Å². The monoisotopic (exact) mass is 601 g/mol. The third kappa shape index (κ3) is 5.55. The van der Waals surface area contributed by atoms with E-state index in [4.69, 9.17) is 4.98 Å². The van der Waals surface area contributed by atoms with Crippen LogP contribution in [0, 0.1) is 0 Å². The molecule has 0 N–H and O–H groups in total. The van der Waals surface area contributed by atoms with E-state index < -0.39 is 5.25 Å². The molecule has 220 valence electrons. The van der Waals surface area contributed by atoms with Crippen molar-refractivity contribution in [2.45, 2.75) is 81.8 Å². The lowest BCUT2D eigenvalue weighted by atomic mass is 9.63. The maximum absolute atomic E-state index is 13.0. The highest BCUT2D eigenvalue weighted by atomic mass is 32.2. The first kappa shape index (κ1) is 29.1. The van der Waals surface area contributed by atoms with Gasteiger partial charge in [-0.25, -0.2) is 9.88 Å². The number of aromatic nitrogens is 1. The summed E-state index contributed by atoms with van der Waals surface area (Å²) in [6.07, 6.45) is 4.31. The molecular weight excluding hydrogens is 563 g/mol. The van der Waals surface area contributed by atoms with Gasteiger partial charge in [0, 0.05) is 36.4 Å². The molecule has 2 fully saturated rings. The van der Waals surface area contributed by atoms with Gasteiger partial charge in [0.15, 0.2) is 0 Å². The highest BCUT2D eigenvalue weighted by Gasteiger charge is 2.40. The number of likely N-dealkylation sites (tertiary alicyclic amines) is 1. The van der Waals surface area contributed by atoms with Gasteiger partial charge in [0.1, 0.15) is 0 Å². The molecule has 8 heteroatoms. The van der Waals surface area contributed by atoms with E-state index in [1.165, 1.54) is 46.2 Å². The summed E-state index contributed by atoms with van der Waals surface area (Å²) in [5.74, 6) is 0.165. The molecule has 1 unspecified atom stereocenters. The third-order valence-electron chi connectivity index (χ3n) is 9.40. The molecule has 0 radical (unpaired) electrons. The van der Waals surface area contributed by atoms with Crippen molar-refractivity contribution in [2.24, 2.45) is 0 Å². The van der Waals surface area contributed by atoms with Crippen molar-refractivity contribution in [3.05, 3.63) is 70.0 Å². The van der Waals surface area contributed by atoms with Gasteiger partial charge in [0.2, 0.25) is 17.7 Å². The van der Waals surface area contributed by atoms with E-state index in [1.54, 1.807) is 23.5 Å². The van der Waals surface area contributed by atoms with Gasteiger partial charge < -0.3 is 4.90 Å². The molecule has 6 rings (SSSR count). The van der Waals surface area contributed by atoms with Gasteiger partial charge in [-0.1, -0.05) is 58.0 Å². The Morgan fingerprint density at radius 1 is 0.976 bits per heavy atom. The first-order valence-corrected chi connectivity index (χ1v) is 16.9. The Bertz CT molecular complexity index is 1510. The molecule has 3 aromatic rings. The van der Waals surface area contributed by atoms with Crippen molar-refractivity contribution in [1.29, 1.82) is 0 Å². The maximum Gasteiger partial charge on any atom is 0.247 e. The predicted octanol–water partition coefficient (Wildman–Crippen LogP) is 6.93. The quantitative estimate of drug-likeness (QED) is 0.287. The summed E-state index contributed by atoms with van der Waals surface area (Å²) < 4.78 is 0. The Morgan fingerprint density at radius 3 is 2.38 bits per heavy atom. The minimum atomic E-state index is -0.506. The topological polar surface area (TPSA) is 70.6 Å². The van der Waals surface area contributed by atoms with Crippen LogP contribution in [0.4, 0.5) is 5.69 Å². The van der Waals surface area contributed by atoms with Crippen LogP contribution in [-0.4, -0.2) is 51.7 Å². The van der Waals surface area contributed by atoms with Crippen molar-refractivity contribution in [3.63, 3.8) is 0 Å². The average molecular weight is 602 g/mol. The van der Waals surface area contributed by atoms with Crippen LogP contribution in [0.1, 0.15) is 81.9 Å². The van der Waals surface area contributed by atoms with Gasteiger partial charge >= 0.3 is 0 Å². The summed E-state index contributed by atoms with van der Waals surface area (Å²) in [7, 11) is 0. The van der Waals surface area contributed by atoms with Crippen LogP contribution in [0.15, 0.2) is 53.9 Å². The number of amides is 3. The lowest BCUT2D eigenvalue weighted by Crippen LogP contribution is -2.39. The summed E-state index contributed by atoms with van der Waals surface area (Å²) in [5.41, 5.74) is 6.11. The number of hydrogen-bond acceptors (Lipinski definition) is 6. The molecular formula is C34H39N3O3S2. The zero-order valence-corrected chi connectivity index (χ0v) is 26.5. The number of para-hydroxylation sites is 1. The molecule has 3 aliphatic rings. The third-order valence-corrected chi connectivity index (χ3v) is 11.6. The lowest BCUT2D eigenvalue weighted by molar-refractivity contribution is -0.129. The maximum atomic E-state index is 13.0. The molecule has 0 saturated carbocycles. The number of nitrogens with zero attached hydrogens (tertiary/aromatic N) is 3. The van der Waals surface area contributed by atoms with Crippen molar-refractivity contribution in [2.75, 3.05) is 23.7 Å². The second-order valence-electron chi connectivity index (χ2n) is 13.2. The Hall–Kier alpha value is -2.97. The number of thioether (sulfide) groups is 1. The molecule has 2 aromatic carbocycles. The zero-order valence-electron chi connectivity index (χ0n) is 24.9. The second-order valence-corrected chi connectivity index (χ2v) is 15.2. The molecule has 3 heterocycles. The summed E-state index contributed by atoms with van der Waals surface area (Å²) in [4.78, 5) is 46.7. The van der Waals surface area contributed by atoms with E-state index in [0.29, 0.717) is 24.7 Å². The van der Waals surface area contributed by atoms with Crippen LogP contribution >= 0.6 is 23.1 Å². The van der Waals surface area contributed by atoms with Crippen molar-refractivity contribution in [1.82, 2.24) is 9.88 Å². The van der Waals surface area contributed by atoms with Gasteiger partial charge in [0.25, 0.3) is 0 Å². The number of benzene rings is 2. The molecule has 2 aliphatic heterocycles. The van der Waals surface area contributed by atoms with Crippen LogP contribution < -0.4 is 4.90 Å². The Labute approximate surface area is 256 Å². The Morgan fingerprint density at radius 2 is 1.67 bits per heavy atom. The molecule has 6 nitrogen and oxygen atoms in total. The van der Waals surface area contributed by atoms with Crippen molar-refractivity contribution >= 4 is 46.5 Å². The largest absolute Gasteiger partial charge is 0.342 e. The van der Waals surface area contributed by atoms with Gasteiger partial charge in [-0.15, -0.1) is 23.1 Å². The molecule has 2 saturated heterocycles. The minimum Gasteiger partial charge on any atom is -0.342 e. The van der Waals surface area contributed by atoms with Crippen LogP contribution in [0.25, 0.3) is 11.3 Å². The molecule has 1 aliphatic carbocycles. The van der Waals surface area contributed by atoms with Crippen LogP contribution in [-0.2, 0) is 25.2 Å². The fourth-order valence-corrected chi connectivity index (χ4v) is 8.61. The van der Waals surface area contributed by atoms with Crippen molar-refractivity contribution < 1.29 is 14.4 Å². The van der Waals surface area contributed by atoms with E-state index in [0.717, 1.165) is 23.5 Å². The van der Waals surface area contributed by atoms with Crippen molar-refractivity contribution in [3.8, 4) is 11.3 Å². The summed E-state index contributed by atoms with van der Waals surface area (Å²) in [6, 6.07) is 15.9. The predicted molar refractivity (Wildman–Crippen MR) is 171 cm³/mol. The van der Waals surface area contributed by atoms with Gasteiger partial charge in [0.05, 0.1) is 27.4 Å². The summed E-state index contributed by atoms with van der Waals surface area (Å²) in [5, 5.41) is 2.83. The molecule has 1 aromatic heterocycles. The van der Waals surface area contributed by atoms with Gasteiger partial charge in [-0.3, -0.25) is 14.4 Å². The molecule has 0 spiro atoms. The standard InChI is InChI=1S/C34H39N3O3S2/c1-33(2)14-15-34(3,4)26-18-23(10-11-25(26)33)27-20-42-31(35-27)22-12-16-36(17-13-22)30(39)21-41-28-19-29(38)37(32(28)40)24-8-6-5-7-9-24/h5-11,18,20,22,28H,12-17,19,21H2,1-4H3. The highest BCUT2D eigenvalue weighted by Crippen LogP contribution is 2.47. The van der Waals surface area contributed by atoms with Gasteiger partial charge in [-0.2, -0.15) is 0 Å². The number of rotatable bonds is 6. The average Bonchev–Trinajstić information content (AvgIpc) is 3.59. The molecule has 0 bridgehead atoms. The number of anilines is 1. The number of carbonyl (C=O) groups is 3. The smallest absolute Gasteiger partial charge is 0.247 e. The van der Waals surface area contributed by atoms with E-state index in [9.17, 15) is 14.4 Å².